The molecule has 2 aromatic carbocycles. The third-order valence-electron chi connectivity index (χ3n) is 5.73. The van der Waals surface area contributed by atoms with Gasteiger partial charge in [-0.2, -0.15) is 29.3 Å². The molecule has 43 heavy (non-hydrogen) atoms. The monoisotopic (exact) mass is 651 g/mol. The van der Waals surface area contributed by atoms with E-state index >= 15 is 0 Å². The van der Waals surface area contributed by atoms with Gasteiger partial charge in [0.15, 0.2) is 0 Å². The molecule has 238 valence electrons. The van der Waals surface area contributed by atoms with E-state index in [1.165, 1.54) is 67.5 Å². The van der Waals surface area contributed by atoms with E-state index < -0.39 is 39.8 Å². The van der Waals surface area contributed by atoms with Crippen LogP contribution < -0.4 is 26.2 Å². The third kappa shape index (κ3) is 10.8. The van der Waals surface area contributed by atoms with Crippen molar-refractivity contribution in [3.8, 4) is 0 Å². The molecule has 17 heteroatoms. The fraction of sp³-hybridized carbons (Fsp3) is 0.423. The summed E-state index contributed by atoms with van der Waals surface area (Å²) in [6.45, 7) is 2.60. The topological polar surface area (TPSA) is 166 Å². The summed E-state index contributed by atoms with van der Waals surface area (Å²) in [4.78, 5) is 33.8. The highest BCUT2D eigenvalue weighted by molar-refractivity contribution is 7.99. The van der Waals surface area contributed by atoms with Gasteiger partial charge < -0.3 is 15.7 Å². The van der Waals surface area contributed by atoms with Crippen molar-refractivity contribution in [1.29, 1.82) is 0 Å². The van der Waals surface area contributed by atoms with Crippen molar-refractivity contribution in [2.75, 3.05) is 33.5 Å². The number of urea groups is 1. The zero-order valence-corrected chi connectivity index (χ0v) is 24.7. The summed E-state index contributed by atoms with van der Waals surface area (Å²) in [6, 6.07) is 9.57. The lowest BCUT2D eigenvalue weighted by atomic mass is 10.1. The molecule has 0 saturated carbocycles. The Morgan fingerprint density at radius 2 is 1.51 bits per heavy atom. The number of carboxylic acid groups (broad SMARTS) is 1. The lowest BCUT2D eigenvalue weighted by Crippen LogP contribution is -2.57. The Bertz CT molecular complexity index is 1350. The molecule has 11 nitrogen and oxygen atoms in total. The molecule has 0 atom stereocenters. The number of rotatable bonds is 18. The van der Waals surface area contributed by atoms with E-state index in [0.29, 0.717) is 6.54 Å². The van der Waals surface area contributed by atoms with Crippen molar-refractivity contribution < 1.29 is 45.5 Å². The quantitative estimate of drug-likeness (QED) is 0.0735. The van der Waals surface area contributed by atoms with Crippen molar-refractivity contribution in [3.63, 3.8) is 0 Å². The van der Waals surface area contributed by atoms with Crippen LogP contribution in [0.3, 0.4) is 0 Å². The van der Waals surface area contributed by atoms with Crippen LogP contribution in [-0.4, -0.2) is 61.3 Å². The summed E-state index contributed by atoms with van der Waals surface area (Å²) < 4.78 is 81.2. The predicted molar refractivity (Wildman–Crippen MR) is 156 cm³/mol. The van der Waals surface area contributed by atoms with Gasteiger partial charge in [-0.25, -0.2) is 18.0 Å². The van der Waals surface area contributed by atoms with Crippen molar-refractivity contribution in [2.45, 2.75) is 55.8 Å². The Kier molecular flexibility index (Phi) is 13.4. The maximum absolute atomic E-state index is 13.5. The van der Waals surface area contributed by atoms with Gasteiger partial charge in [0.2, 0.25) is 0 Å². The Morgan fingerprint density at radius 1 is 0.860 bits per heavy atom. The zero-order chi connectivity index (χ0) is 32.1. The molecule has 0 aliphatic carbocycles. The molecule has 0 radical (unpaired) electrons. The van der Waals surface area contributed by atoms with Crippen LogP contribution in [0.1, 0.15) is 39.0 Å². The van der Waals surface area contributed by atoms with E-state index in [1.807, 2.05) is 5.43 Å². The number of sulfonamides is 1. The van der Waals surface area contributed by atoms with Gasteiger partial charge in [0, 0.05) is 23.7 Å². The van der Waals surface area contributed by atoms with Gasteiger partial charge in [0.25, 0.3) is 10.0 Å². The fourth-order valence-corrected chi connectivity index (χ4v) is 5.35. The average Bonchev–Trinajstić information content (AvgIpc) is 2.95. The molecule has 0 unspecified atom stereocenters. The highest BCUT2D eigenvalue weighted by Gasteiger charge is 2.67. The standard InChI is InChI=1S/C26H33F4N5O6S2/c1-2-3-4-5-6-15-42-16-14-31-24(39)32-20-8-7-9-21(17-20)43(40,41)35-19-12-10-18(11-13-19)33-34-22(36)25(27,28)26(29,30)23(37)38/h7-13,17,33,35H,2-6,14-16H2,1H3,(H,34,36)(H,37,38)(H2,31,32,39). The molecule has 0 heterocycles. The number of halogens is 4. The number of unbranched alkanes of at least 4 members (excludes halogenated alkanes) is 4. The van der Waals surface area contributed by atoms with Crippen LogP contribution in [0.15, 0.2) is 53.4 Å². The first-order valence-electron chi connectivity index (χ1n) is 13.1. The first kappa shape index (κ1) is 35.5. The number of carbonyl (C=O) groups is 3. The molecule has 0 aromatic heterocycles. The Labute approximate surface area is 250 Å². The van der Waals surface area contributed by atoms with Crippen molar-refractivity contribution in [1.82, 2.24) is 10.7 Å². The number of carboxylic acids is 1. The van der Waals surface area contributed by atoms with E-state index in [4.69, 9.17) is 5.11 Å². The van der Waals surface area contributed by atoms with Crippen LogP contribution in [0.4, 0.5) is 39.4 Å². The first-order valence-corrected chi connectivity index (χ1v) is 15.8. The number of aliphatic carboxylic acids is 1. The van der Waals surface area contributed by atoms with Crippen LogP contribution in [0, 0.1) is 0 Å². The number of hydrazine groups is 1. The summed E-state index contributed by atoms with van der Waals surface area (Å²) in [5, 5.41) is 13.5. The minimum Gasteiger partial charge on any atom is -0.477 e. The molecule has 0 aliphatic rings. The molecule has 0 saturated heterocycles. The summed E-state index contributed by atoms with van der Waals surface area (Å²) in [5.74, 6) is -15.2. The second-order valence-corrected chi connectivity index (χ2v) is 12.1. The van der Waals surface area contributed by atoms with E-state index in [0.717, 1.165) is 30.1 Å². The highest BCUT2D eigenvalue weighted by atomic mass is 32.2. The van der Waals surface area contributed by atoms with Gasteiger partial charge in [0.1, 0.15) is 0 Å². The molecule has 2 rings (SSSR count). The number of hydrogen-bond donors (Lipinski definition) is 6. The summed E-state index contributed by atoms with van der Waals surface area (Å²) >= 11 is 1.74. The average molecular weight is 652 g/mol. The van der Waals surface area contributed by atoms with Gasteiger partial charge in [-0.05, 0) is 54.6 Å². The Balaban J connectivity index is 1.87. The van der Waals surface area contributed by atoms with Crippen molar-refractivity contribution in [2.24, 2.45) is 0 Å². The number of benzene rings is 2. The van der Waals surface area contributed by atoms with Gasteiger partial charge in [0.05, 0.1) is 10.6 Å². The van der Waals surface area contributed by atoms with Crippen molar-refractivity contribution in [3.05, 3.63) is 48.5 Å². The van der Waals surface area contributed by atoms with E-state index in [1.54, 1.807) is 11.8 Å². The van der Waals surface area contributed by atoms with Crippen molar-refractivity contribution >= 4 is 56.8 Å². The van der Waals surface area contributed by atoms with Crippen LogP contribution in [0.25, 0.3) is 0 Å². The van der Waals surface area contributed by atoms with E-state index in [9.17, 15) is 40.4 Å². The second kappa shape index (κ2) is 16.2. The smallest absolute Gasteiger partial charge is 0.413 e. The summed E-state index contributed by atoms with van der Waals surface area (Å²) in [5.41, 5.74) is 3.32. The summed E-state index contributed by atoms with van der Waals surface area (Å²) in [6.07, 6.45) is 5.98. The molecule has 6 N–H and O–H groups in total. The lowest BCUT2D eigenvalue weighted by molar-refractivity contribution is -0.222. The van der Waals surface area contributed by atoms with Crippen LogP contribution >= 0.6 is 11.8 Å². The number of thioether (sulfide) groups is 1. The normalized spacial score (nSPS) is 11.8. The molecule has 0 spiro atoms. The predicted octanol–water partition coefficient (Wildman–Crippen LogP) is 5.11. The Morgan fingerprint density at radius 3 is 2.16 bits per heavy atom. The maximum atomic E-state index is 13.5. The first-order chi connectivity index (χ1) is 20.2. The minimum atomic E-state index is -5.65. The molecule has 0 aliphatic heterocycles. The fourth-order valence-electron chi connectivity index (χ4n) is 3.38. The highest BCUT2D eigenvalue weighted by Crippen LogP contribution is 2.34. The third-order valence-corrected chi connectivity index (χ3v) is 8.18. The molecular formula is C26H33F4N5O6S2. The number of carbonyl (C=O) groups excluding carboxylic acids is 2. The van der Waals surface area contributed by atoms with Gasteiger partial charge >= 0.3 is 29.8 Å². The van der Waals surface area contributed by atoms with Gasteiger partial charge in [-0.1, -0.05) is 38.7 Å². The number of nitrogens with one attached hydrogen (secondary N) is 5. The summed E-state index contributed by atoms with van der Waals surface area (Å²) in [7, 11) is -4.14. The SMILES string of the molecule is CCCCCCCSCCNC(=O)Nc1cccc(S(=O)(=O)Nc2ccc(NNC(=O)C(F)(F)C(F)(F)C(=O)O)cc2)c1. The molecular weight excluding hydrogens is 618 g/mol. The van der Waals surface area contributed by atoms with Crippen LogP contribution in [-0.2, 0) is 19.6 Å². The molecule has 0 fully saturated rings. The molecule has 3 amide bonds. The van der Waals surface area contributed by atoms with Crippen LogP contribution in [0.5, 0.6) is 0 Å². The number of amides is 3. The minimum absolute atomic E-state index is 0.0126. The van der Waals surface area contributed by atoms with E-state index in [-0.39, 0.29) is 22.0 Å². The molecule has 0 bridgehead atoms. The Hall–Kier alpha value is -3.73. The van der Waals surface area contributed by atoms with Crippen LogP contribution in [0.2, 0.25) is 0 Å². The largest absolute Gasteiger partial charge is 0.477 e. The van der Waals surface area contributed by atoms with E-state index in [2.05, 4.69) is 22.3 Å². The maximum Gasteiger partial charge on any atom is 0.413 e. The number of hydrogen-bond acceptors (Lipinski definition) is 7. The lowest BCUT2D eigenvalue weighted by Gasteiger charge is -2.22. The number of alkyl halides is 4. The zero-order valence-electron chi connectivity index (χ0n) is 23.1. The van der Waals surface area contributed by atoms with Gasteiger partial charge in [-0.15, -0.1) is 0 Å². The second-order valence-electron chi connectivity index (χ2n) is 9.15. The van der Waals surface area contributed by atoms with Gasteiger partial charge in [-0.3, -0.25) is 20.4 Å². The molecule has 2 aromatic rings. The number of anilines is 3.